The molecule has 0 N–H and O–H groups in total. The van der Waals surface area contributed by atoms with Crippen LogP contribution in [-0.4, -0.2) is 12.6 Å². The van der Waals surface area contributed by atoms with E-state index in [1.54, 1.807) is 42.5 Å². The van der Waals surface area contributed by atoms with Crippen molar-refractivity contribution >= 4 is 5.97 Å². The van der Waals surface area contributed by atoms with Crippen molar-refractivity contribution in [1.82, 2.24) is 0 Å². The average molecular weight is 507 g/mol. The fraction of sp³-hybridized carbons (Fsp3) is 0.323. The number of hydrogen-bond acceptors (Lipinski definition) is 3. The minimum Gasteiger partial charge on any atom is -0.420 e. The molecule has 0 radical (unpaired) electrons. The first-order chi connectivity index (χ1) is 17.9. The number of carbonyl (C=O) groups excluding carboxylic acids is 1. The molecule has 0 aromatic heterocycles. The largest absolute Gasteiger partial charge is 0.420 e. The number of benzene rings is 3. The van der Waals surface area contributed by atoms with E-state index in [4.69, 9.17) is 9.47 Å². The van der Waals surface area contributed by atoms with Crippen molar-refractivity contribution in [2.75, 3.05) is 6.61 Å². The topological polar surface area (TPSA) is 38.8 Å². The Morgan fingerprint density at radius 2 is 1.70 bits per heavy atom. The fourth-order valence-electron chi connectivity index (χ4n) is 4.86. The van der Waals surface area contributed by atoms with Crippen LogP contribution in [0.3, 0.4) is 0 Å². The van der Waals surface area contributed by atoms with Gasteiger partial charge in [-0.1, -0.05) is 74.7 Å². The third-order valence-electron chi connectivity index (χ3n) is 7.20. The number of carbonyl (C=O) groups is 1. The number of halogens is 3. The zero-order chi connectivity index (χ0) is 25.9. The Labute approximate surface area is 214 Å². The zero-order valence-electron chi connectivity index (χ0n) is 20.7. The van der Waals surface area contributed by atoms with E-state index < -0.39 is 23.4 Å². The molecule has 192 valence electrons. The molecule has 0 bridgehead atoms. The van der Waals surface area contributed by atoms with Crippen molar-refractivity contribution in [1.29, 1.82) is 0 Å². The third-order valence-corrected chi connectivity index (χ3v) is 7.20. The zero-order valence-corrected chi connectivity index (χ0v) is 20.7. The van der Waals surface area contributed by atoms with Crippen molar-refractivity contribution in [3.8, 4) is 28.0 Å². The molecule has 5 rings (SSSR count). The van der Waals surface area contributed by atoms with Gasteiger partial charge in [0.25, 0.3) is 0 Å². The highest BCUT2D eigenvalue weighted by Gasteiger charge is 2.30. The van der Waals surface area contributed by atoms with E-state index in [0.717, 1.165) is 19.3 Å². The monoisotopic (exact) mass is 506 g/mol. The first-order valence-corrected chi connectivity index (χ1v) is 12.9. The van der Waals surface area contributed by atoms with Gasteiger partial charge in [-0.3, -0.25) is 0 Å². The summed E-state index contributed by atoms with van der Waals surface area (Å²) in [6.07, 6.45) is 7.55. The third kappa shape index (κ3) is 5.64. The molecule has 0 amide bonds. The fourth-order valence-corrected chi connectivity index (χ4v) is 4.86. The van der Waals surface area contributed by atoms with E-state index >= 15 is 0 Å². The van der Waals surface area contributed by atoms with Gasteiger partial charge >= 0.3 is 5.97 Å². The van der Waals surface area contributed by atoms with Crippen molar-refractivity contribution in [2.45, 2.75) is 51.6 Å². The lowest BCUT2D eigenvalue weighted by Crippen LogP contribution is -2.16. The van der Waals surface area contributed by atoms with E-state index in [0.29, 0.717) is 41.2 Å². The second-order valence-electron chi connectivity index (χ2n) is 9.78. The summed E-state index contributed by atoms with van der Waals surface area (Å²) in [5, 5.41) is 0. The van der Waals surface area contributed by atoms with Gasteiger partial charge in [0.1, 0.15) is 6.10 Å². The maximum atomic E-state index is 14.8. The highest BCUT2D eigenvalue weighted by molar-refractivity contribution is 5.90. The van der Waals surface area contributed by atoms with Gasteiger partial charge in [-0.05, 0) is 54.0 Å². The molecule has 0 saturated carbocycles. The normalized spacial score (nSPS) is 18.9. The highest BCUT2D eigenvalue weighted by Crippen LogP contribution is 2.36. The summed E-state index contributed by atoms with van der Waals surface area (Å²) in [7, 11) is 0. The van der Waals surface area contributed by atoms with E-state index in [-0.39, 0.29) is 23.0 Å². The molecule has 1 heterocycles. The summed E-state index contributed by atoms with van der Waals surface area (Å²) in [5.41, 5.74) is 2.76. The van der Waals surface area contributed by atoms with Gasteiger partial charge in [-0.15, -0.1) is 0 Å². The summed E-state index contributed by atoms with van der Waals surface area (Å²) in [5.74, 6) is -2.46. The Hall–Kier alpha value is -3.38. The van der Waals surface area contributed by atoms with Crippen LogP contribution in [0, 0.1) is 23.4 Å². The van der Waals surface area contributed by atoms with Gasteiger partial charge in [-0.2, -0.15) is 0 Å². The summed E-state index contributed by atoms with van der Waals surface area (Å²) < 4.78 is 54.3. The predicted octanol–water partition coefficient (Wildman–Crippen LogP) is 8.33. The SMILES string of the molecule is CCCCC1CC=C(C(=O)Oc2ccc(-c3ccc(-c4ccc(C5CO5)c(F)c4F)cc3)cc2F)CC1. The molecule has 3 aromatic rings. The summed E-state index contributed by atoms with van der Waals surface area (Å²) in [6.45, 7) is 2.57. The number of hydrogen-bond donors (Lipinski definition) is 0. The van der Waals surface area contributed by atoms with Gasteiger partial charge in [0.15, 0.2) is 23.2 Å². The molecule has 1 aliphatic carbocycles. The Morgan fingerprint density at radius 1 is 0.973 bits per heavy atom. The van der Waals surface area contributed by atoms with Crippen LogP contribution >= 0.6 is 0 Å². The first-order valence-electron chi connectivity index (χ1n) is 12.9. The van der Waals surface area contributed by atoms with E-state index in [1.165, 1.54) is 25.0 Å². The minimum absolute atomic E-state index is 0.114. The van der Waals surface area contributed by atoms with E-state index in [2.05, 4.69) is 6.92 Å². The molecular formula is C31H29F3O3. The van der Waals surface area contributed by atoms with Gasteiger partial charge < -0.3 is 9.47 Å². The number of allylic oxidation sites excluding steroid dienone is 1. The second kappa shape index (κ2) is 10.9. The highest BCUT2D eigenvalue weighted by atomic mass is 19.2. The summed E-state index contributed by atoms with van der Waals surface area (Å²) in [6, 6.07) is 14.3. The molecular weight excluding hydrogens is 477 g/mol. The number of esters is 1. The summed E-state index contributed by atoms with van der Waals surface area (Å²) >= 11 is 0. The minimum atomic E-state index is -0.914. The molecule has 3 nitrogen and oxygen atoms in total. The lowest BCUT2D eigenvalue weighted by molar-refractivity contribution is -0.130. The second-order valence-corrected chi connectivity index (χ2v) is 9.78. The Bertz CT molecular complexity index is 1330. The molecule has 2 aliphatic rings. The van der Waals surface area contributed by atoms with Crippen LogP contribution in [0.1, 0.15) is 57.1 Å². The standard InChI is InChI=1S/C31H29F3O3/c1-2-3-4-19-5-7-22(8-6-19)31(35)37-27-16-13-23(17-26(27)32)20-9-11-21(12-10-20)24-14-15-25(28-18-36-28)30(34)29(24)33/h7,9-17,19,28H,2-6,8,18H2,1H3. The maximum absolute atomic E-state index is 14.8. The summed E-state index contributed by atoms with van der Waals surface area (Å²) in [4.78, 5) is 12.6. The van der Waals surface area contributed by atoms with Gasteiger partial charge in [0, 0.05) is 16.7 Å². The molecule has 1 fully saturated rings. The predicted molar refractivity (Wildman–Crippen MR) is 136 cm³/mol. The van der Waals surface area contributed by atoms with Crippen molar-refractivity contribution in [2.24, 2.45) is 5.92 Å². The lowest BCUT2D eigenvalue weighted by Gasteiger charge is -2.20. The first kappa shape index (κ1) is 25.3. The van der Waals surface area contributed by atoms with Crippen LogP contribution in [0.4, 0.5) is 13.2 Å². The number of rotatable bonds is 8. The van der Waals surface area contributed by atoms with Crippen LogP contribution in [0.25, 0.3) is 22.3 Å². The van der Waals surface area contributed by atoms with Crippen molar-refractivity contribution in [3.05, 3.63) is 89.3 Å². The van der Waals surface area contributed by atoms with Crippen LogP contribution in [-0.2, 0) is 9.53 Å². The van der Waals surface area contributed by atoms with Gasteiger partial charge in [0.2, 0.25) is 0 Å². The van der Waals surface area contributed by atoms with Crippen molar-refractivity contribution < 1.29 is 27.4 Å². The van der Waals surface area contributed by atoms with E-state index in [9.17, 15) is 18.0 Å². The molecule has 1 saturated heterocycles. The Morgan fingerprint density at radius 3 is 2.35 bits per heavy atom. The van der Waals surface area contributed by atoms with Crippen LogP contribution in [0.2, 0.25) is 0 Å². The number of epoxide rings is 1. The Kier molecular flexibility index (Phi) is 7.47. The van der Waals surface area contributed by atoms with Crippen molar-refractivity contribution in [3.63, 3.8) is 0 Å². The number of unbranched alkanes of at least 4 members (excludes halogenated alkanes) is 1. The molecule has 2 atom stereocenters. The average Bonchev–Trinajstić information content (AvgIpc) is 3.76. The van der Waals surface area contributed by atoms with Gasteiger partial charge in [0.05, 0.1) is 6.61 Å². The Balaban J connectivity index is 1.26. The van der Waals surface area contributed by atoms with Crippen LogP contribution in [0.5, 0.6) is 5.75 Å². The molecule has 1 aliphatic heterocycles. The molecule has 2 unspecified atom stereocenters. The van der Waals surface area contributed by atoms with Crippen LogP contribution < -0.4 is 4.74 Å². The van der Waals surface area contributed by atoms with Crippen LogP contribution in [0.15, 0.2) is 66.2 Å². The number of ether oxygens (including phenoxy) is 2. The van der Waals surface area contributed by atoms with Gasteiger partial charge in [-0.25, -0.2) is 18.0 Å². The molecule has 3 aromatic carbocycles. The quantitative estimate of drug-likeness (QED) is 0.175. The lowest BCUT2D eigenvalue weighted by atomic mass is 9.86. The smallest absolute Gasteiger partial charge is 0.339 e. The molecule has 6 heteroatoms. The maximum Gasteiger partial charge on any atom is 0.339 e. The molecule has 37 heavy (non-hydrogen) atoms. The molecule has 0 spiro atoms. The van der Waals surface area contributed by atoms with E-state index in [1.807, 2.05) is 6.08 Å².